The molecule has 264 valence electrons. The van der Waals surface area contributed by atoms with Gasteiger partial charge in [-0.15, -0.1) is 0 Å². The van der Waals surface area contributed by atoms with Gasteiger partial charge in [-0.1, -0.05) is 6.92 Å². The SMILES string of the molecule is CC[C@@H]1C(CO)O[C@H](COC[C@@H]2C(COCC(=O)[O-])O[C@H](COC[C@@H]3C(CO)O[C@H](COC)C(O)[C@@H]3O)C(O)[C@@H]2O)C(O)[C@@H]1O.[Na+]. The molecule has 46 heavy (non-hydrogen) atoms. The van der Waals surface area contributed by atoms with E-state index in [0.717, 1.165) is 0 Å². The largest absolute Gasteiger partial charge is 1.00 e. The van der Waals surface area contributed by atoms with Gasteiger partial charge in [-0.05, 0) is 6.42 Å². The summed E-state index contributed by atoms with van der Waals surface area (Å²) in [7, 11) is 1.40. The predicted molar refractivity (Wildman–Crippen MR) is 146 cm³/mol. The molecule has 3 rings (SSSR count). The number of aliphatic carboxylic acids is 1. The zero-order valence-electron chi connectivity index (χ0n) is 26.5. The standard InChI is InChI=1S/C28H50O17.Na/c1-3-13-16(4-29)43-20(27(37)23(13)33)10-41-7-15-18(9-42-12-22(31)32)45-21(28(38)25(15)35)11-40-6-14-17(5-30)44-19(8-39-2)26(36)24(14)34;/h13-21,23-30,33-38H,3-12H2,1-2H3,(H,31,32);/q;+1/p-1/t13-,14-,15-,16?,17?,18?,19-,20-,21-,23-,24-,25-,26?,27?,28?;/m1./s1. The number of aliphatic hydroxyl groups is 8. The van der Waals surface area contributed by atoms with E-state index in [1.807, 2.05) is 0 Å². The maximum absolute atomic E-state index is 11.0. The second-order valence-electron chi connectivity index (χ2n) is 11.8. The molecule has 8 N–H and O–H groups in total. The predicted octanol–water partition coefficient (Wildman–Crippen LogP) is -8.85. The van der Waals surface area contributed by atoms with Crippen LogP contribution in [0.5, 0.6) is 0 Å². The van der Waals surface area contributed by atoms with E-state index >= 15 is 0 Å². The smallest absolute Gasteiger partial charge is 0.548 e. The number of methoxy groups -OCH3 is 1. The fourth-order valence-corrected chi connectivity index (χ4v) is 6.21. The minimum Gasteiger partial charge on any atom is -0.548 e. The van der Waals surface area contributed by atoms with E-state index in [-0.39, 0.29) is 75.8 Å². The van der Waals surface area contributed by atoms with Gasteiger partial charge in [-0.3, -0.25) is 0 Å². The van der Waals surface area contributed by atoms with Gasteiger partial charge < -0.3 is 83.9 Å². The van der Waals surface area contributed by atoms with Crippen molar-refractivity contribution in [2.24, 2.45) is 17.8 Å². The number of ether oxygens (including phenoxy) is 7. The molecule has 3 aliphatic rings. The van der Waals surface area contributed by atoms with Crippen molar-refractivity contribution in [3.63, 3.8) is 0 Å². The number of carbonyl (C=O) groups excluding carboxylic acids is 1. The van der Waals surface area contributed by atoms with Gasteiger partial charge in [0, 0.05) is 24.9 Å². The van der Waals surface area contributed by atoms with E-state index in [1.165, 1.54) is 7.11 Å². The second-order valence-corrected chi connectivity index (χ2v) is 11.8. The van der Waals surface area contributed by atoms with Gasteiger partial charge in [0.15, 0.2) is 0 Å². The van der Waals surface area contributed by atoms with Crippen LogP contribution < -0.4 is 34.7 Å². The molecule has 0 aromatic rings. The fraction of sp³-hybridized carbons (Fsp3) is 0.964. The first kappa shape index (κ1) is 42.0. The molecule has 0 aromatic heterocycles. The van der Waals surface area contributed by atoms with Gasteiger partial charge in [0.1, 0.15) is 36.6 Å². The Hall–Kier alpha value is -0.130. The molecule has 15 atom stereocenters. The van der Waals surface area contributed by atoms with Crippen molar-refractivity contribution in [2.75, 3.05) is 66.6 Å². The monoisotopic (exact) mass is 680 g/mol. The zero-order valence-corrected chi connectivity index (χ0v) is 28.5. The molecule has 0 bridgehead atoms. The number of carboxylic acid groups (broad SMARTS) is 1. The summed E-state index contributed by atoms with van der Waals surface area (Å²) in [5.74, 6) is -3.75. The van der Waals surface area contributed by atoms with Crippen LogP contribution in [0.4, 0.5) is 0 Å². The summed E-state index contributed by atoms with van der Waals surface area (Å²) in [4.78, 5) is 10.9. The van der Waals surface area contributed by atoms with E-state index in [1.54, 1.807) is 6.92 Å². The van der Waals surface area contributed by atoms with Gasteiger partial charge in [-0.25, -0.2) is 0 Å². The Kier molecular flexibility index (Phi) is 18.8. The third-order valence-electron chi connectivity index (χ3n) is 8.84. The third kappa shape index (κ3) is 10.7. The maximum Gasteiger partial charge on any atom is 1.00 e. The first-order valence-electron chi connectivity index (χ1n) is 15.2. The Balaban J connectivity index is 0.00000736. The molecule has 3 heterocycles. The summed E-state index contributed by atoms with van der Waals surface area (Å²) < 4.78 is 38.8. The topological polar surface area (TPSA) is 267 Å². The van der Waals surface area contributed by atoms with E-state index in [4.69, 9.17) is 33.2 Å². The maximum atomic E-state index is 11.0. The van der Waals surface area contributed by atoms with Gasteiger partial charge in [0.2, 0.25) is 0 Å². The van der Waals surface area contributed by atoms with Crippen LogP contribution in [-0.2, 0) is 38.0 Å². The van der Waals surface area contributed by atoms with Crippen molar-refractivity contribution in [1.82, 2.24) is 0 Å². The van der Waals surface area contributed by atoms with E-state index in [2.05, 4.69) is 0 Å². The molecular weight excluding hydrogens is 631 g/mol. The van der Waals surface area contributed by atoms with Gasteiger partial charge in [0.05, 0.1) is 102 Å². The van der Waals surface area contributed by atoms with Crippen molar-refractivity contribution >= 4 is 5.97 Å². The van der Waals surface area contributed by atoms with E-state index < -0.39 is 110 Å². The van der Waals surface area contributed by atoms with Crippen LogP contribution in [0.3, 0.4) is 0 Å². The molecule has 3 fully saturated rings. The number of aliphatic hydroxyl groups excluding tert-OH is 8. The third-order valence-corrected chi connectivity index (χ3v) is 8.84. The summed E-state index contributed by atoms with van der Waals surface area (Å²) in [5, 5.41) is 94.2. The number of rotatable bonds is 17. The average Bonchev–Trinajstić information content (AvgIpc) is 3.01. The molecule has 17 nitrogen and oxygen atoms in total. The summed E-state index contributed by atoms with van der Waals surface area (Å²) in [6.45, 7) is -1.15. The van der Waals surface area contributed by atoms with Crippen LogP contribution in [0.25, 0.3) is 0 Å². The molecule has 0 amide bonds. The van der Waals surface area contributed by atoms with Crippen molar-refractivity contribution < 1.29 is 113 Å². The summed E-state index contributed by atoms with van der Waals surface area (Å²) in [6.07, 6.45) is -13.2. The van der Waals surface area contributed by atoms with Gasteiger partial charge in [-0.2, -0.15) is 0 Å². The molecular formula is C28H49NaO17. The van der Waals surface area contributed by atoms with Crippen LogP contribution >= 0.6 is 0 Å². The van der Waals surface area contributed by atoms with E-state index in [9.17, 15) is 50.8 Å². The molecule has 6 unspecified atom stereocenters. The van der Waals surface area contributed by atoms with Crippen molar-refractivity contribution in [3.8, 4) is 0 Å². The zero-order chi connectivity index (χ0) is 33.3. The second kappa shape index (κ2) is 20.5. The Bertz CT molecular complexity index is 870. The molecule has 3 aliphatic heterocycles. The summed E-state index contributed by atoms with van der Waals surface area (Å²) >= 11 is 0. The first-order chi connectivity index (χ1) is 21.5. The van der Waals surface area contributed by atoms with Crippen molar-refractivity contribution in [1.29, 1.82) is 0 Å². The van der Waals surface area contributed by atoms with Crippen molar-refractivity contribution in [2.45, 2.75) is 86.6 Å². The van der Waals surface area contributed by atoms with Crippen LogP contribution in [0.2, 0.25) is 0 Å². The van der Waals surface area contributed by atoms with Gasteiger partial charge >= 0.3 is 29.6 Å². The quantitative estimate of drug-likeness (QED) is 0.0663. The Morgan fingerprint density at radius 3 is 1.41 bits per heavy atom. The fourth-order valence-electron chi connectivity index (χ4n) is 6.21. The number of hydrogen-bond donors (Lipinski definition) is 8. The van der Waals surface area contributed by atoms with Crippen molar-refractivity contribution in [3.05, 3.63) is 0 Å². The Morgan fingerprint density at radius 2 is 0.978 bits per heavy atom. The summed E-state index contributed by atoms with van der Waals surface area (Å²) in [6, 6.07) is 0. The molecule has 0 spiro atoms. The molecule has 0 aromatic carbocycles. The number of carbonyl (C=O) groups is 1. The van der Waals surface area contributed by atoms with Crippen LogP contribution in [0.1, 0.15) is 13.3 Å². The minimum atomic E-state index is -1.50. The number of hydrogen-bond acceptors (Lipinski definition) is 17. The number of carboxylic acids is 1. The Morgan fingerprint density at radius 1 is 0.587 bits per heavy atom. The molecule has 0 radical (unpaired) electrons. The molecule has 3 saturated heterocycles. The molecule has 0 aliphatic carbocycles. The van der Waals surface area contributed by atoms with E-state index in [0.29, 0.717) is 6.42 Å². The molecule has 0 saturated carbocycles. The normalized spacial score (nSPS) is 41.6. The molecule has 18 heteroatoms. The van der Waals surface area contributed by atoms with Crippen LogP contribution in [0.15, 0.2) is 0 Å². The van der Waals surface area contributed by atoms with Crippen LogP contribution in [-0.4, -0.2) is 187 Å². The average molecular weight is 681 g/mol. The Labute approximate surface area is 289 Å². The summed E-state index contributed by atoms with van der Waals surface area (Å²) in [5.41, 5.74) is 0. The van der Waals surface area contributed by atoms with Gasteiger partial charge in [0.25, 0.3) is 0 Å². The minimum absolute atomic E-state index is 0. The first-order valence-corrected chi connectivity index (χ1v) is 15.2. The van der Waals surface area contributed by atoms with Crippen LogP contribution in [0, 0.1) is 17.8 Å².